The summed E-state index contributed by atoms with van der Waals surface area (Å²) in [6, 6.07) is 3.94. The molecule has 7 nitrogen and oxygen atoms in total. The zero-order valence-corrected chi connectivity index (χ0v) is 16.6. The first kappa shape index (κ1) is 17.9. The molecule has 0 N–H and O–H groups in total. The van der Waals surface area contributed by atoms with Crippen molar-refractivity contribution in [2.45, 2.75) is 27.3 Å². The van der Waals surface area contributed by atoms with Crippen LogP contribution in [-0.4, -0.2) is 56.6 Å². The van der Waals surface area contributed by atoms with Gasteiger partial charge in [-0.05, 0) is 26.8 Å². The van der Waals surface area contributed by atoms with Gasteiger partial charge in [0, 0.05) is 55.2 Å². The lowest BCUT2D eigenvalue weighted by Gasteiger charge is -2.34. The SMILES string of the molecule is Cc1cc(CN2CCN(C(=O)c3cc(C)n(-c4nccs4)c3C)CC2)on1. The van der Waals surface area contributed by atoms with Crippen LogP contribution >= 0.6 is 11.3 Å². The van der Waals surface area contributed by atoms with Gasteiger partial charge in [-0.1, -0.05) is 5.16 Å². The summed E-state index contributed by atoms with van der Waals surface area (Å²) in [5.41, 5.74) is 3.65. The number of hydrogen-bond acceptors (Lipinski definition) is 6. The number of carbonyl (C=O) groups is 1. The molecule has 27 heavy (non-hydrogen) atoms. The molecule has 0 bridgehead atoms. The van der Waals surface area contributed by atoms with Crippen LogP contribution < -0.4 is 0 Å². The Bertz CT molecular complexity index is 936. The Morgan fingerprint density at radius 3 is 2.59 bits per heavy atom. The van der Waals surface area contributed by atoms with Crippen LogP contribution in [0.4, 0.5) is 0 Å². The van der Waals surface area contributed by atoms with E-state index in [1.165, 1.54) is 0 Å². The molecule has 3 aromatic heterocycles. The highest BCUT2D eigenvalue weighted by molar-refractivity contribution is 7.12. The Balaban J connectivity index is 1.43. The maximum absolute atomic E-state index is 13.1. The second-order valence-corrected chi connectivity index (χ2v) is 7.81. The molecule has 1 aliphatic heterocycles. The van der Waals surface area contributed by atoms with E-state index in [1.807, 2.05) is 43.2 Å². The minimum atomic E-state index is 0.0982. The Labute approximate surface area is 162 Å². The third-order valence-electron chi connectivity index (χ3n) is 4.99. The van der Waals surface area contributed by atoms with Gasteiger partial charge in [0.2, 0.25) is 0 Å². The smallest absolute Gasteiger partial charge is 0.255 e. The zero-order chi connectivity index (χ0) is 19.0. The van der Waals surface area contributed by atoms with E-state index in [0.717, 1.165) is 53.2 Å². The van der Waals surface area contributed by atoms with Crippen molar-refractivity contribution in [2.24, 2.45) is 0 Å². The first-order valence-corrected chi connectivity index (χ1v) is 9.93. The fourth-order valence-electron chi connectivity index (χ4n) is 3.59. The largest absolute Gasteiger partial charge is 0.360 e. The van der Waals surface area contributed by atoms with E-state index in [0.29, 0.717) is 13.1 Å². The highest BCUT2D eigenvalue weighted by atomic mass is 32.1. The van der Waals surface area contributed by atoms with Crippen LogP contribution in [0.3, 0.4) is 0 Å². The van der Waals surface area contributed by atoms with Gasteiger partial charge in [-0.3, -0.25) is 14.3 Å². The van der Waals surface area contributed by atoms with Crippen LogP contribution in [0.5, 0.6) is 0 Å². The molecule has 0 saturated carbocycles. The molecule has 8 heteroatoms. The first-order chi connectivity index (χ1) is 13.0. The molecular weight excluding hydrogens is 362 g/mol. The van der Waals surface area contributed by atoms with Gasteiger partial charge >= 0.3 is 0 Å². The number of aryl methyl sites for hydroxylation is 2. The van der Waals surface area contributed by atoms with Crippen LogP contribution in [-0.2, 0) is 6.54 Å². The molecule has 0 radical (unpaired) electrons. The number of rotatable bonds is 4. The van der Waals surface area contributed by atoms with Gasteiger partial charge in [-0.25, -0.2) is 4.98 Å². The number of nitrogens with zero attached hydrogens (tertiary/aromatic N) is 5. The number of aromatic nitrogens is 3. The molecule has 142 valence electrons. The predicted molar refractivity (Wildman–Crippen MR) is 103 cm³/mol. The number of amides is 1. The van der Waals surface area contributed by atoms with E-state index in [4.69, 9.17) is 4.52 Å². The van der Waals surface area contributed by atoms with E-state index in [-0.39, 0.29) is 5.91 Å². The minimum absolute atomic E-state index is 0.0982. The van der Waals surface area contributed by atoms with Crippen molar-refractivity contribution in [3.8, 4) is 5.13 Å². The summed E-state index contributed by atoms with van der Waals surface area (Å²) >= 11 is 1.57. The van der Waals surface area contributed by atoms with Crippen molar-refractivity contribution in [2.75, 3.05) is 26.2 Å². The summed E-state index contributed by atoms with van der Waals surface area (Å²) in [4.78, 5) is 21.7. The highest BCUT2D eigenvalue weighted by Gasteiger charge is 2.26. The van der Waals surface area contributed by atoms with Crippen molar-refractivity contribution in [3.63, 3.8) is 0 Å². The standard InChI is InChI=1S/C19H23N5O2S/c1-13-10-16(26-21-13)12-22-5-7-23(8-6-22)18(25)17-11-14(2)24(15(17)3)19-20-4-9-27-19/h4,9-11H,5-8,12H2,1-3H3. The van der Waals surface area contributed by atoms with Crippen molar-refractivity contribution >= 4 is 17.2 Å². The molecule has 0 aromatic carbocycles. The van der Waals surface area contributed by atoms with Gasteiger partial charge in [0.05, 0.1) is 17.8 Å². The summed E-state index contributed by atoms with van der Waals surface area (Å²) in [6.07, 6.45) is 1.79. The lowest BCUT2D eigenvalue weighted by Crippen LogP contribution is -2.48. The lowest BCUT2D eigenvalue weighted by atomic mass is 10.2. The molecule has 1 amide bonds. The normalized spacial score (nSPS) is 15.4. The molecule has 4 rings (SSSR count). The summed E-state index contributed by atoms with van der Waals surface area (Å²) < 4.78 is 7.35. The zero-order valence-electron chi connectivity index (χ0n) is 15.8. The summed E-state index contributed by atoms with van der Waals surface area (Å²) in [6.45, 7) is 9.76. The molecule has 3 aromatic rings. The van der Waals surface area contributed by atoms with Crippen LogP contribution in [0.1, 0.15) is 33.2 Å². The van der Waals surface area contributed by atoms with E-state index in [1.54, 1.807) is 17.5 Å². The molecule has 0 spiro atoms. The van der Waals surface area contributed by atoms with Crippen molar-refractivity contribution in [3.05, 3.63) is 52.1 Å². The first-order valence-electron chi connectivity index (χ1n) is 9.05. The molecule has 0 aliphatic carbocycles. The van der Waals surface area contributed by atoms with Crippen molar-refractivity contribution in [1.82, 2.24) is 24.5 Å². The van der Waals surface area contributed by atoms with E-state index in [9.17, 15) is 4.79 Å². The second-order valence-electron chi connectivity index (χ2n) is 6.94. The Kier molecular flexibility index (Phi) is 4.84. The molecule has 0 atom stereocenters. The average molecular weight is 385 g/mol. The molecule has 1 fully saturated rings. The van der Waals surface area contributed by atoms with Gasteiger partial charge in [-0.15, -0.1) is 11.3 Å². The highest BCUT2D eigenvalue weighted by Crippen LogP contribution is 2.24. The number of hydrogen-bond donors (Lipinski definition) is 0. The quantitative estimate of drug-likeness (QED) is 0.691. The van der Waals surface area contributed by atoms with Crippen LogP contribution in [0.25, 0.3) is 5.13 Å². The molecule has 1 aliphatic rings. The van der Waals surface area contributed by atoms with E-state index < -0.39 is 0 Å². The monoisotopic (exact) mass is 385 g/mol. The van der Waals surface area contributed by atoms with Crippen LogP contribution in [0.15, 0.2) is 28.2 Å². The molecule has 1 saturated heterocycles. The van der Waals surface area contributed by atoms with Gasteiger partial charge < -0.3 is 9.42 Å². The lowest BCUT2D eigenvalue weighted by molar-refractivity contribution is 0.0617. The topological polar surface area (TPSA) is 67.4 Å². The maximum Gasteiger partial charge on any atom is 0.255 e. The molecular formula is C19H23N5O2S. The Morgan fingerprint density at radius 1 is 1.19 bits per heavy atom. The number of thiazole rings is 1. The van der Waals surface area contributed by atoms with Crippen LogP contribution in [0.2, 0.25) is 0 Å². The second kappa shape index (κ2) is 7.28. The average Bonchev–Trinajstić information content (AvgIpc) is 3.37. The third kappa shape index (κ3) is 3.54. The van der Waals surface area contributed by atoms with Gasteiger partial charge in [-0.2, -0.15) is 0 Å². The van der Waals surface area contributed by atoms with E-state index >= 15 is 0 Å². The van der Waals surface area contributed by atoms with Gasteiger partial charge in [0.1, 0.15) is 0 Å². The Morgan fingerprint density at radius 2 is 1.96 bits per heavy atom. The Hall–Kier alpha value is -2.45. The predicted octanol–water partition coefficient (Wildman–Crippen LogP) is 2.81. The number of piperazine rings is 1. The minimum Gasteiger partial charge on any atom is -0.360 e. The fraction of sp³-hybridized carbons (Fsp3) is 0.421. The van der Waals surface area contributed by atoms with Crippen molar-refractivity contribution in [1.29, 1.82) is 0 Å². The van der Waals surface area contributed by atoms with Gasteiger partial charge in [0.25, 0.3) is 5.91 Å². The number of carbonyl (C=O) groups excluding carboxylic acids is 1. The summed E-state index contributed by atoms with van der Waals surface area (Å²) in [7, 11) is 0. The van der Waals surface area contributed by atoms with Crippen LogP contribution in [0, 0.1) is 20.8 Å². The van der Waals surface area contributed by atoms with Gasteiger partial charge in [0.15, 0.2) is 10.9 Å². The maximum atomic E-state index is 13.1. The molecule has 4 heterocycles. The van der Waals surface area contributed by atoms with E-state index in [2.05, 4.69) is 19.6 Å². The third-order valence-corrected chi connectivity index (χ3v) is 5.74. The fourth-order valence-corrected chi connectivity index (χ4v) is 4.34. The summed E-state index contributed by atoms with van der Waals surface area (Å²) in [5.74, 6) is 0.973. The molecule has 0 unspecified atom stereocenters. The van der Waals surface area contributed by atoms with Crippen molar-refractivity contribution < 1.29 is 9.32 Å². The summed E-state index contributed by atoms with van der Waals surface area (Å²) in [5, 5.41) is 6.78.